The minimum atomic E-state index is -0.347. The Bertz CT molecular complexity index is 912. The van der Waals surface area contributed by atoms with E-state index >= 15 is 0 Å². The van der Waals surface area contributed by atoms with Crippen molar-refractivity contribution < 1.29 is 9.53 Å². The molecule has 2 aromatic carbocycles. The van der Waals surface area contributed by atoms with Crippen molar-refractivity contribution in [2.24, 2.45) is 5.10 Å². The van der Waals surface area contributed by atoms with Crippen LogP contribution in [0.25, 0.3) is 11.3 Å². The molecule has 6 heteroatoms. The maximum Gasteiger partial charge on any atom is 0.289 e. The molecule has 0 fully saturated rings. The van der Waals surface area contributed by atoms with Gasteiger partial charge in [0.1, 0.15) is 11.4 Å². The molecule has 1 amide bonds. The minimum absolute atomic E-state index is 0.345. The molecule has 1 heterocycles. The maximum atomic E-state index is 12.2. The molecule has 27 heavy (non-hydrogen) atoms. The van der Waals surface area contributed by atoms with Crippen molar-refractivity contribution in [1.29, 1.82) is 0 Å². The van der Waals surface area contributed by atoms with Crippen molar-refractivity contribution >= 4 is 12.1 Å². The van der Waals surface area contributed by atoms with Crippen LogP contribution in [0.3, 0.4) is 0 Å². The van der Waals surface area contributed by atoms with Crippen LogP contribution in [0.15, 0.2) is 59.7 Å². The molecule has 3 aromatic rings. The lowest BCUT2D eigenvalue weighted by atomic mass is 10.1. The molecule has 0 radical (unpaired) electrons. The fraction of sp³-hybridized carbons (Fsp3) is 0.190. The molecule has 6 nitrogen and oxygen atoms in total. The number of ether oxygens (including phenoxy) is 1. The fourth-order valence-corrected chi connectivity index (χ4v) is 2.41. The highest BCUT2D eigenvalue weighted by Gasteiger charge is 2.10. The second-order valence-electron chi connectivity index (χ2n) is 6.15. The molecule has 2 N–H and O–H groups in total. The van der Waals surface area contributed by atoms with Gasteiger partial charge in [-0.3, -0.25) is 9.89 Å². The van der Waals surface area contributed by atoms with Gasteiger partial charge in [-0.1, -0.05) is 36.8 Å². The van der Waals surface area contributed by atoms with Crippen LogP contribution < -0.4 is 10.2 Å². The van der Waals surface area contributed by atoms with E-state index in [0.717, 1.165) is 23.3 Å². The van der Waals surface area contributed by atoms with Gasteiger partial charge in [0, 0.05) is 5.56 Å². The molecule has 0 spiro atoms. The van der Waals surface area contributed by atoms with Crippen LogP contribution in [-0.2, 0) is 0 Å². The molecule has 3 rings (SSSR count). The molecule has 0 aliphatic heterocycles. The lowest BCUT2D eigenvalue weighted by molar-refractivity contribution is 0.0950. The summed E-state index contributed by atoms with van der Waals surface area (Å²) in [5.41, 5.74) is 6.51. The first kappa shape index (κ1) is 18.4. The van der Waals surface area contributed by atoms with E-state index in [1.54, 1.807) is 12.3 Å². The van der Waals surface area contributed by atoms with Gasteiger partial charge >= 0.3 is 0 Å². The van der Waals surface area contributed by atoms with Crippen molar-refractivity contribution in [2.45, 2.75) is 20.3 Å². The van der Waals surface area contributed by atoms with E-state index in [-0.39, 0.29) is 5.91 Å². The van der Waals surface area contributed by atoms with Crippen molar-refractivity contribution in [3.05, 3.63) is 71.4 Å². The number of hydrogen-bond donors (Lipinski definition) is 2. The molecule has 0 saturated carbocycles. The zero-order chi connectivity index (χ0) is 19.1. The Morgan fingerprint density at radius 1 is 1.19 bits per heavy atom. The number of rotatable bonds is 7. The Kier molecular flexibility index (Phi) is 5.99. The first-order valence-corrected chi connectivity index (χ1v) is 8.84. The maximum absolute atomic E-state index is 12.2. The van der Waals surface area contributed by atoms with Crippen molar-refractivity contribution in [3.8, 4) is 17.0 Å². The molecule has 0 bridgehead atoms. The highest BCUT2D eigenvalue weighted by atomic mass is 16.5. The van der Waals surface area contributed by atoms with Gasteiger partial charge in [-0.25, -0.2) is 5.43 Å². The first-order valence-electron chi connectivity index (χ1n) is 8.84. The summed E-state index contributed by atoms with van der Waals surface area (Å²) in [4.78, 5) is 12.2. The summed E-state index contributed by atoms with van der Waals surface area (Å²) in [5, 5.41) is 10.9. The molecule has 1 aromatic heterocycles. The van der Waals surface area contributed by atoms with Gasteiger partial charge in [0.25, 0.3) is 5.91 Å². The van der Waals surface area contributed by atoms with Crippen molar-refractivity contribution in [1.82, 2.24) is 15.6 Å². The monoisotopic (exact) mass is 362 g/mol. The summed E-state index contributed by atoms with van der Waals surface area (Å²) in [6, 6.07) is 17.2. The SMILES string of the molecule is CCCOc1ccc(-c2cc(C(=O)N/N=C/c3ccc(C)cc3)[nH]n2)cc1. The smallest absolute Gasteiger partial charge is 0.289 e. The number of hydrogen-bond acceptors (Lipinski definition) is 4. The number of nitrogens with one attached hydrogen (secondary N) is 2. The van der Waals surface area contributed by atoms with Gasteiger partial charge < -0.3 is 4.74 Å². The topological polar surface area (TPSA) is 79.4 Å². The Morgan fingerprint density at radius 3 is 2.63 bits per heavy atom. The fourth-order valence-electron chi connectivity index (χ4n) is 2.41. The summed E-state index contributed by atoms with van der Waals surface area (Å²) in [5.74, 6) is 0.472. The number of aromatic amines is 1. The molecule has 0 aliphatic rings. The lowest BCUT2D eigenvalue weighted by Gasteiger charge is -2.04. The predicted octanol–water partition coefficient (Wildman–Crippen LogP) is 3.94. The Balaban J connectivity index is 1.61. The Labute approximate surface area is 158 Å². The number of aryl methyl sites for hydroxylation is 1. The first-order chi connectivity index (χ1) is 13.2. The summed E-state index contributed by atoms with van der Waals surface area (Å²) in [6.07, 6.45) is 2.57. The number of benzene rings is 2. The number of amides is 1. The number of carbonyl (C=O) groups excluding carboxylic acids is 1. The average molecular weight is 362 g/mol. The van der Waals surface area contributed by atoms with Gasteiger partial charge in [-0.2, -0.15) is 10.2 Å². The third-order valence-electron chi connectivity index (χ3n) is 3.90. The van der Waals surface area contributed by atoms with Crippen molar-refractivity contribution in [2.75, 3.05) is 6.61 Å². The quantitative estimate of drug-likeness (QED) is 0.493. The van der Waals surface area contributed by atoms with Crippen LogP contribution in [0.1, 0.15) is 35.0 Å². The minimum Gasteiger partial charge on any atom is -0.494 e. The third-order valence-corrected chi connectivity index (χ3v) is 3.90. The van der Waals surface area contributed by atoms with E-state index in [0.29, 0.717) is 18.0 Å². The van der Waals surface area contributed by atoms with Gasteiger partial charge in [0.15, 0.2) is 0 Å². The zero-order valence-electron chi connectivity index (χ0n) is 15.4. The number of carbonyl (C=O) groups is 1. The average Bonchev–Trinajstić information content (AvgIpc) is 3.18. The predicted molar refractivity (Wildman–Crippen MR) is 106 cm³/mol. The molecule has 0 saturated heterocycles. The Morgan fingerprint density at radius 2 is 1.93 bits per heavy atom. The third kappa shape index (κ3) is 5.04. The standard InChI is InChI=1S/C21H22N4O2/c1-3-12-27-18-10-8-17(9-11-18)19-13-20(24-23-19)21(26)25-22-14-16-6-4-15(2)5-7-16/h4-11,13-14H,3,12H2,1-2H3,(H,23,24)(H,25,26)/b22-14+. The summed E-state index contributed by atoms with van der Waals surface area (Å²) >= 11 is 0. The van der Waals surface area contributed by atoms with Gasteiger partial charge in [0.2, 0.25) is 0 Å². The van der Waals surface area contributed by atoms with Crippen LogP contribution in [0.2, 0.25) is 0 Å². The second kappa shape index (κ2) is 8.80. The van der Waals surface area contributed by atoms with E-state index in [1.807, 2.05) is 55.5 Å². The highest BCUT2D eigenvalue weighted by molar-refractivity contribution is 5.94. The van der Waals surface area contributed by atoms with Gasteiger partial charge in [0.05, 0.1) is 18.5 Å². The second-order valence-corrected chi connectivity index (χ2v) is 6.15. The van der Waals surface area contributed by atoms with E-state index < -0.39 is 0 Å². The van der Waals surface area contributed by atoms with Crippen LogP contribution in [0.4, 0.5) is 0 Å². The van der Waals surface area contributed by atoms with E-state index in [1.165, 1.54) is 5.56 Å². The van der Waals surface area contributed by atoms with Crippen molar-refractivity contribution in [3.63, 3.8) is 0 Å². The van der Waals surface area contributed by atoms with Crippen LogP contribution in [0, 0.1) is 6.92 Å². The number of hydrazone groups is 1. The van der Waals surface area contributed by atoms with Crippen LogP contribution in [0.5, 0.6) is 5.75 Å². The number of nitrogens with zero attached hydrogens (tertiary/aromatic N) is 2. The van der Waals surface area contributed by atoms with Gasteiger partial charge in [-0.15, -0.1) is 0 Å². The molecule has 0 aliphatic carbocycles. The van der Waals surface area contributed by atoms with Crippen LogP contribution >= 0.6 is 0 Å². The summed E-state index contributed by atoms with van der Waals surface area (Å²) in [6.45, 7) is 4.77. The highest BCUT2D eigenvalue weighted by Crippen LogP contribution is 2.21. The zero-order valence-corrected chi connectivity index (χ0v) is 15.4. The van der Waals surface area contributed by atoms with Gasteiger partial charge in [-0.05, 0) is 49.2 Å². The summed E-state index contributed by atoms with van der Waals surface area (Å²) in [7, 11) is 0. The summed E-state index contributed by atoms with van der Waals surface area (Å²) < 4.78 is 5.57. The molecule has 0 atom stereocenters. The van der Waals surface area contributed by atoms with E-state index in [9.17, 15) is 4.79 Å². The van der Waals surface area contributed by atoms with E-state index in [2.05, 4.69) is 27.6 Å². The van der Waals surface area contributed by atoms with E-state index in [4.69, 9.17) is 4.74 Å². The normalized spacial score (nSPS) is 10.9. The molecular formula is C21H22N4O2. The number of H-pyrrole nitrogens is 1. The number of aromatic nitrogens is 2. The molecule has 0 unspecified atom stereocenters. The molecular weight excluding hydrogens is 340 g/mol. The van der Waals surface area contributed by atoms with Crippen LogP contribution in [-0.4, -0.2) is 28.9 Å². The molecule has 138 valence electrons. The lowest BCUT2D eigenvalue weighted by Crippen LogP contribution is -2.17. The Hall–Kier alpha value is -3.41. The largest absolute Gasteiger partial charge is 0.494 e.